The SMILES string of the molecule is C1=C(c2cn(CC3CCCC3)c3ccccc23)CCNC1. The van der Waals surface area contributed by atoms with Gasteiger partial charge < -0.3 is 9.88 Å². The van der Waals surface area contributed by atoms with Gasteiger partial charge in [0.15, 0.2) is 0 Å². The number of nitrogens with zero attached hydrogens (tertiary/aromatic N) is 1. The molecule has 21 heavy (non-hydrogen) atoms. The van der Waals surface area contributed by atoms with Gasteiger partial charge in [0.05, 0.1) is 0 Å². The van der Waals surface area contributed by atoms with E-state index >= 15 is 0 Å². The lowest BCUT2D eigenvalue weighted by atomic mass is 10.00. The molecule has 0 amide bonds. The quantitative estimate of drug-likeness (QED) is 0.891. The molecule has 1 aliphatic heterocycles. The number of nitrogens with one attached hydrogen (secondary N) is 1. The normalized spacial score (nSPS) is 20.1. The smallest absolute Gasteiger partial charge is 0.0486 e. The Morgan fingerprint density at radius 2 is 2.00 bits per heavy atom. The molecule has 1 fully saturated rings. The maximum atomic E-state index is 3.41. The zero-order valence-corrected chi connectivity index (χ0v) is 12.6. The van der Waals surface area contributed by atoms with Gasteiger partial charge in [-0.1, -0.05) is 37.1 Å². The summed E-state index contributed by atoms with van der Waals surface area (Å²) < 4.78 is 2.52. The van der Waals surface area contributed by atoms with E-state index in [9.17, 15) is 0 Å². The maximum Gasteiger partial charge on any atom is 0.0486 e. The van der Waals surface area contributed by atoms with Crippen LogP contribution in [0.5, 0.6) is 0 Å². The zero-order valence-electron chi connectivity index (χ0n) is 12.6. The third-order valence-corrected chi connectivity index (χ3v) is 5.13. The second-order valence-corrected chi connectivity index (χ2v) is 6.55. The van der Waals surface area contributed by atoms with Crippen LogP contribution in [0.15, 0.2) is 36.5 Å². The van der Waals surface area contributed by atoms with Crippen molar-refractivity contribution in [2.24, 2.45) is 5.92 Å². The van der Waals surface area contributed by atoms with Crippen LogP contribution in [0.3, 0.4) is 0 Å². The van der Waals surface area contributed by atoms with Crippen LogP contribution in [0.25, 0.3) is 16.5 Å². The molecule has 1 N–H and O–H groups in total. The van der Waals surface area contributed by atoms with Crippen molar-refractivity contribution >= 4 is 16.5 Å². The Morgan fingerprint density at radius 1 is 1.14 bits per heavy atom. The van der Waals surface area contributed by atoms with E-state index in [-0.39, 0.29) is 0 Å². The van der Waals surface area contributed by atoms with E-state index < -0.39 is 0 Å². The molecule has 2 aromatic rings. The summed E-state index contributed by atoms with van der Waals surface area (Å²) in [7, 11) is 0. The first-order valence-electron chi connectivity index (χ1n) is 8.40. The number of aromatic nitrogens is 1. The van der Waals surface area contributed by atoms with Crippen molar-refractivity contribution in [1.82, 2.24) is 9.88 Å². The minimum Gasteiger partial charge on any atom is -0.347 e. The molecular formula is C19H24N2. The summed E-state index contributed by atoms with van der Waals surface area (Å²) in [6.07, 6.45) is 11.6. The number of hydrogen-bond acceptors (Lipinski definition) is 1. The van der Waals surface area contributed by atoms with Crippen LogP contribution in [-0.4, -0.2) is 17.7 Å². The highest BCUT2D eigenvalue weighted by atomic mass is 15.0. The zero-order chi connectivity index (χ0) is 14.1. The summed E-state index contributed by atoms with van der Waals surface area (Å²) in [5.74, 6) is 0.885. The molecule has 1 aromatic heterocycles. The molecule has 0 saturated heterocycles. The third kappa shape index (κ3) is 2.53. The van der Waals surface area contributed by atoms with Gasteiger partial charge in [-0.2, -0.15) is 0 Å². The highest BCUT2D eigenvalue weighted by molar-refractivity contribution is 5.93. The topological polar surface area (TPSA) is 17.0 Å². The molecule has 0 radical (unpaired) electrons. The Labute approximate surface area is 126 Å². The lowest BCUT2D eigenvalue weighted by molar-refractivity contribution is 0.466. The first-order chi connectivity index (χ1) is 10.4. The Balaban J connectivity index is 1.74. The maximum absolute atomic E-state index is 3.41. The molecule has 4 rings (SSSR count). The van der Waals surface area contributed by atoms with E-state index in [2.05, 4.69) is 46.4 Å². The number of fused-ring (bicyclic) bond motifs is 1. The second kappa shape index (κ2) is 5.69. The minimum atomic E-state index is 0.885. The fraction of sp³-hybridized carbons (Fsp3) is 0.474. The van der Waals surface area contributed by atoms with E-state index in [1.807, 2.05) is 0 Å². The number of para-hydroxylation sites is 1. The van der Waals surface area contributed by atoms with E-state index in [1.54, 1.807) is 0 Å². The molecule has 0 bridgehead atoms. The van der Waals surface area contributed by atoms with Gasteiger partial charge in [-0.25, -0.2) is 0 Å². The van der Waals surface area contributed by atoms with E-state index in [0.717, 1.165) is 25.4 Å². The van der Waals surface area contributed by atoms with Crippen LogP contribution >= 0.6 is 0 Å². The standard InChI is InChI=1S/C19H24N2/c1-2-6-15(5-1)13-21-14-18(16-9-11-20-12-10-16)17-7-3-4-8-19(17)21/h3-4,7-9,14-15,20H,1-2,5-6,10-13H2. The molecular weight excluding hydrogens is 256 g/mol. The molecule has 1 aliphatic carbocycles. The monoisotopic (exact) mass is 280 g/mol. The molecule has 0 atom stereocenters. The van der Waals surface area contributed by atoms with E-state index in [0.29, 0.717) is 0 Å². The van der Waals surface area contributed by atoms with Crippen LogP contribution in [-0.2, 0) is 6.54 Å². The Kier molecular flexibility index (Phi) is 3.56. The van der Waals surface area contributed by atoms with Gasteiger partial charge >= 0.3 is 0 Å². The summed E-state index contributed by atoms with van der Waals surface area (Å²) in [5.41, 5.74) is 4.40. The largest absolute Gasteiger partial charge is 0.347 e. The summed E-state index contributed by atoms with van der Waals surface area (Å²) in [6.45, 7) is 3.32. The van der Waals surface area contributed by atoms with Crippen molar-refractivity contribution in [3.8, 4) is 0 Å². The molecule has 2 heterocycles. The summed E-state index contributed by atoms with van der Waals surface area (Å²) in [4.78, 5) is 0. The van der Waals surface area contributed by atoms with Gasteiger partial charge in [0.1, 0.15) is 0 Å². The van der Waals surface area contributed by atoms with Crippen molar-refractivity contribution in [2.45, 2.75) is 38.6 Å². The Bertz CT molecular complexity index is 659. The van der Waals surface area contributed by atoms with Gasteiger partial charge in [0, 0.05) is 35.8 Å². The highest BCUT2D eigenvalue weighted by Gasteiger charge is 2.18. The number of hydrogen-bond donors (Lipinski definition) is 1. The predicted octanol–water partition coefficient (Wildman–Crippen LogP) is 4.21. The molecule has 2 heteroatoms. The highest BCUT2D eigenvalue weighted by Crippen LogP contribution is 2.32. The molecule has 1 aromatic carbocycles. The van der Waals surface area contributed by atoms with Gasteiger partial charge in [-0.3, -0.25) is 0 Å². The van der Waals surface area contributed by atoms with Crippen LogP contribution in [0.4, 0.5) is 0 Å². The molecule has 1 saturated carbocycles. The van der Waals surface area contributed by atoms with Crippen molar-refractivity contribution in [2.75, 3.05) is 13.1 Å². The average molecular weight is 280 g/mol. The van der Waals surface area contributed by atoms with Crippen LogP contribution in [0.1, 0.15) is 37.7 Å². The van der Waals surface area contributed by atoms with Crippen LogP contribution < -0.4 is 5.32 Å². The van der Waals surface area contributed by atoms with Crippen molar-refractivity contribution in [3.05, 3.63) is 42.1 Å². The van der Waals surface area contributed by atoms with Crippen molar-refractivity contribution in [3.63, 3.8) is 0 Å². The fourth-order valence-corrected chi connectivity index (χ4v) is 3.99. The lowest BCUT2D eigenvalue weighted by Crippen LogP contribution is -2.19. The Hall–Kier alpha value is -1.54. The molecule has 0 spiro atoms. The number of rotatable bonds is 3. The molecule has 2 aliphatic rings. The average Bonchev–Trinajstić information content (AvgIpc) is 3.17. The third-order valence-electron chi connectivity index (χ3n) is 5.13. The van der Waals surface area contributed by atoms with E-state index in [4.69, 9.17) is 0 Å². The summed E-state index contributed by atoms with van der Waals surface area (Å²) in [5, 5.41) is 4.85. The van der Waals surface area contributed by atoms with Crippen LogP contribution in [0.2, 0.25) is 0 Å². The lowest BCUT2D eigenvalue weighted by Gasteiger charge is -2.13. The summed E-state index contributed by atoms with van der Waals surface area (Å²) in [6, 6.07) is 8.93. The minimum absolute atomic E-state index is 0.885. The number of benzene rings is 1. The Morgan fingerprint density at radius 3 is 2.81 bits per heavy atom. The van der Waals surface area contributed by atoms with Crippen LogP contribution in [0, 0.1) is 5.92 Å². The van der Waals surface area contributed by atoms with Gasteiger partial charge in [-0.05, 0) is 43.4 Å². The van der Waals surface area contributed by atoms with Gasteiger partial charge in [0.25, 0.3) is 0 Å². The first-order valence-corrected chi connectivity index (χ1v) is 8.40. The second-order valence-electron chi connectivity index (χ2n) is 6.55. The molecule has 2 nitrogen and oxygen atoms in total. The first kappa shape index (κ1) is 13.1. The van der Waals surface area contributed by atoms with Crippen molar-refractivity contribution < 1.29 is 0 Å². The fourth-order valence-electron chi connectivity index (χ4n) is 3.99. The summed E-state index contributed by atoms with van der Waals surface area (Å²) >= 11 is 0. The molecule has 110 valence electrons. The van der Waals surface area contributed by atoms with E-state index in [1.165, 1.54) is 54.3 Å². The molecule has 0 unspecified atom stereocenters. The van der Waals surface area contributed by atoms with Gasteiger partial charge in [-0.15, -0.1) is 0 Å². The predicted molar refractivity (Wildman–Crippen MR) is 89.4 cm³/mol. The van der Waals surface area contributed by atoms with Gasteiger partial charge in [0.2, 0.25) is 0 Å². The van der Waals surface area contributed by atoms with Crippen molar-refractivity contribution in [1.29, 1.82) is 0 Å².